The van der Waals surface area contributed by atoms with Gasteiger partial charge in [-0.25, -0.2) is 0 Å². The van der Waals surface area contributed by atoms with Crippen LogP contribution in [-0.2, 0) is 14.3 Å². The second-order valence-electron chi connectivity index (χ2n) is 9.79. The number of hydrogen-bond donors (Lipinski definition) is 0. The Kier molecular flexibility index (Phi) is 4.31. The molecule has 4 bridgehead atoms. The van der Waals surface area contributed by atoms with Gasteiger partial charge in [-0.2, -0.15) is 0 Å². The van der Waals surface area contributed by atoms with Crippen LogP contribution in [0, 0.1) is 11.8 Å². The predicted molar refractivity (Wildman–Crippen MR) is 113 cm³/mol. The van der Waals surface area contributed by atoms with E-state index in [9.17, 15) is 9.59 Å². The molecule has 2 heterocycles. The monoisotopic (exact) mass is 424 g/mol. The highest BCUT2D eigenvalue weighted by Crippen LogP contribution is 2.64. The van der Waals surface area contributed by atoms with Gasteiger partial charge in [0.15, 0.2) is 18.2 Å². The number of rotatable bonds is 5. The number of ketones is 2. The lowest BCUT2D eigenvalue weighted by Gasteiger charge is -2.53. The van der Waals surface area contributed by atoms with E-state index in [0.717, 1.165) is 5.57 Å². The van der Waals surface area contributed by atoms with Crippen molar-refractivity contribution < 1.29 is 28.5 Å². The van der Waals surface area contributed by atoms with Crippen LogP contribution in [-0.4, -0.2) is 42.3 Å². The highest BCUT2D eigenvalue weighted by Gasteiger charge is 2.75. The molecule has 1 spiro atoms. The van der Waals surface area contributed by atoms with Crippen molar-refractivity contribution in [2.45, 2.75) is 57.3 Å². The molecule has 1 saturated heterocycles. The Morgan fingerprint density at radius 3 is 2.74 bits per heavy atom. The Balaban J connectivity index is 1.64. The van der Waals surface area contributed by atoms with Gasteiger partial charge < -0.3 is 18.9 Å². The molecule has 1 aromatic rings. The zero-order chi connectivity index (χ0) is 22.2. The Hall–Kier alpha value is -2.44. The molecular weight excluding hydrogens is 396 g/mol. The molecule has 6 rings (SSSR count). The van der Waals surface area contributed by atoms with Crippen LogP contribution in [0.1, 0.15) is 50.9 Å². The van der Waals surface area contributed by atoms with Gasteiger partial charge in [0.1, 0.15) is 17.1 Å². The average Bonchev–Trinajstić information content (AvgIpc) is 2.92. The summed E-state index contributed by atoms with van der Waals surface area (Å²) in [6.07, 6.45) is 4.95. The maximum atomic E-state index is 14.1. The molecule has 4 unspecified atom stereocenters. The van der Waals surface area contributed by atoms with Gasteiger partial charge in [-0.05, 0) is 39.8 Å². The maximum absolute atomic E-state index is 14.1. The Morgan fingerprint density at radius 1 is 1.26 bits per heavy atom. The molecule has 2 aliphatic heterocycles. The summed E-state index contributed by atoms with van der Waals surface area (Å²) >= 11 is 0. The molecule has 0 amide bonds. The minimum Gasteiger partial charge on any atom is -0.474 e. The fourth-order valence-corrected chi connectivity index (χ4v) is 5.83. The molecule has 1 aromatic carbocycles. The van der Waals surface area contributed by atoms with Crippen molar-refractivity contribution in [3.63, 3.8) is 0 Å². The van der Waals surface area contributed by atoms with E-state index in [1.807, 2.05) is 33.8 Å². The first kappa shape index (κ1) is 20.5. The Morgan fingerprint density at radius 2 is 2.03 bits per heavy atom. The van der Waals surface area contributed by atoms with Crippen molar-refractivity contribution in [2.24, 2.45) is 11.8 Å². The molecule has 5 aliphatic rings. The summed E-state index contributed by atoms with van der Waals surface area (Å²) < 4.78 is 23.5. The normalized spacial score (nSPS) is 33.9. The van der Waals surface area contributed by atoms with E-state index < -0.39 is 16.8 Å². The van der Waals surface area contributed by atoms with Crippen molar-refractivity contribution in [2.75, 3.05) is 13.9 Å². The second-order valence-corrected chi connectivity index (χ2v) is 9.79. The van der Waals surface area contributed by atoms with E-state index >= 15 is 0 Å². The topological polar surface area (TPSA) is 71.1 Å². The van der Waals surface area contributed by atoms with E-state index in [2.05, 4.69) is 6.08 Å². The van der Waals surface area contributed by atoms with E-state index in [4.69, 9.17) is 18.9 Å². The van der Waals surface area contributed by atoms with Gasteiger partial charge >= 0.3 is 0 Å². The third kappa shape index (κ3) is 2.64. The van der Waals surface area contributed by atoms with Crippen LogP contribution < -0.4 is 9.47 Å². The molecular formula is C25H28O6. The van der Waals surface area contributed by atoms with E-state index in [1.165, 1.54) is 7.11 Å². The average molecular weight is 424 g/mol. The van der Waals surface area contributed by atoms with Crippen molar-refractivity contribution in [1.82, 2.24) is 0 Å². The Labute approximate surface area is 182 Å². The number of hydrogen-bond acceptors (Lipinski definition) is 6. The van der Waals surface area contributed by atoms with Crippen LogP contribution in [0.25, 0.3) is 0 Å². The number of benzene rings is 1. The van der Waals surface area contributed by atoms with E-state index in [0.29, 0.717) is 35.5 Å². The van der Waals surface area contributed by atoms with Crippen molar-refractivity contribution in [3.8, 4) is 11.5 Å². The molecule has 6 nitrogen and oxygen atoms in total. The lowest BCUT2D eigenvalue weighted by molar-refractivity contribution is -0.165. The first-order chi connectivity index (χ1) is 14.6. The van der Waals surface area contributed by atoms with Crippen molar-refractivity contribution in [1.29, 1.82) is 0 Å². The van der Waals surface area contributed by atoms with Crippen LogP contribution in [0.15, 0.2) is 41.5 Å². The minimum absolute atomic E-state index is 0.0829. The van der Waals surface area contributed by atoms with Gasteiger partial charge in [-0.1, -0.05) is 17.7 Å². The lowest BCUT2D eigenvalue weighted by atomic mass is 9.53. The fourth-order valence-electron chi connectivity index (χ4n) is 5.83. The largest absolute Gasteiger partial charge is 0.474 e. The zero-order valence-electron chi connectivity index (χ0n) is 18.6. The van der Waals surface area contributed by atoms with Crippen LogP contribution in [0.2, 0.25) is 0 Å². The number of allylic oxidation sites excluding steroid dienone is 1. The molecule has 4 atom stereocenters. The van der Waals surface area contributed by atoms with E-state index in [-0.39, 0.29) is 30.2 Å². The summed E-state index contributed by atoms with van der Waals surface area (Å²) in [5.74, 6) is 0.561. The molecule has 6 heteroatoms. The summed E-state index contributed by atoms with van der Waals surface area (Å²) in [6, 6.07) is 5.08. The molecule has 164 valence electrons. The molecule has 1 saturated carbocycles. The number of fused-ring (bicyclic) bond motifs is 1. The third-order valence-corrected chi connectivity index (χ3v) is 7.23. The number of Topliss-reactive ketones (excluding diaryl/α,β-unsaturated/α-hetero) is 2. The van der Waals surface area contributed by atoms with Crippen LogP contribution in [0.4, 0.5) is 0 Å². The highest BCUT2D eigenvalue weighted by molar-refractivity contribution is 6.20. The summed E-state index contributed by atoms with van der Waals surface area (Å²) in [5, 5.41) is 0. The van der Waals surface area contributed by atoms with Crippen LogP contribution >= 0.6 is 0 Å². The number of methoxy groups -OCH3 is 1. The van der Waals surface area contributed by atoms with Gasteiger partial charge in [0.05, 0.1) is 11.2 Å². The Bertz CT molecular complexity index is 1050. The maximum Gasteiger partial charge on any atom is 0.213 e. The first-order valence-electron chi connectivity index (χ1n) is 10.7. The first-order valence-corrected chi connectivity index (χ1v) is 10.7. The second kappa shape index (κ2) is 6.53. The zero-order valence-corrected chi connectivity index (χ0v) is 18.6. The smallest absolute Gasteiger partial charge is 0.213 e. The summed E-state index contributed by atoms with van der Waals surface area (Å²) in [4.78, 5) is 27.6. The summed E-state index contributed by atoms with van der Waals surface area (Å²) in [7, 11) is 1.54. The van der Waals surface area contributed by atoms with Crippen LogP contribution in [0.5, 0.6) is 11.5 Å². The van der Waals surface area contributed by atoms with Gasteiger partial charge in [0.2, 0.25) is 5.78 Å². The molecule has 2 fully saturated rings. The van der Waals surface area contributed by atoms with Gasteiger partial charge in [-0.3, -0.25) is 9.59 Å². The number of carbonyl (C=O) groups is 2. The third-order valence-electron chi connectivity index (χ3n) is 7.23. The predicted octanol–water partition coefficient (Wildman–Crippen LogP) is 4.03. The standard InChI is InChI=1S/C25H28O6/c1-14(2)8-9-24-17-11-18-21(26)16-7-6-15(29-13-28-5)10-20(16)30-25(18,22(24)27)12-19(17)23(3,4)31-24/h6-8,10-11,17,19H,9,12-13H2,1-5H3. The highest BCUT2D eigenvalue weighted by atomic mass is 16.7. The quantitative estimate of drug-likeness (QED) is 0.525. The summed E-state index contributed by atoms with van der Waals surface area (Å²) in [5.41, 5.74) is -0.765. The minimum atomic E-state index is -1.31. The lowest BCUT2D eigenvalue weighted by Crippen LogP contribution is -2.68. The summed E-state index contributed by atoms with van der Waals surface area (Å²) in [6.45, 7) is 8.18. The van der Waals surface area contributed by atoms with Gasteiger partial charge in [-0.15, -0.1) is 0 Å². The number of ether oxygens (including phenoxy) is 4. The molecule has 0 radical (unpaired) electrons. The van der Waals surface area contributed by atoms with Gasteiger partial charge in [0, 0.05) is 43.4 Å². The van der Waals surface area contributed by atoms with Crippen molar-refractivity contribution >= 4 is 11.6 Å². The molecule has 31 heavy (non-hydrogen) atoms. The van der Waals surface area contributed by atoms with Gasteiger partial charge in [0.25, 0.3) is 0 Å². The molecule has 0 N–H and O–H groups in total. The SMILES string of the molecule is COCOc1ccc2c(c1)OC13CC4C(C=C1C2=O)C(CC=C(C)C)(OC4(C)C)C3=O. The molecule has 3 aliphatic carbocycles. The van der Waals surface area contributed by atoms with Crippen LogP contribution in [0.3, 0.4) is 0 Å². The number of carbonyl (C=O) groups excluding carboxylic acids is 2. The van der Waals surface area contributed by atoms with E-state index in [1.54, 1.807) is 18.2 Å². The fraction of sp³-hybridized carbons (Fsp3) is 0.520. The van der Waals surface area contributed by atoms with Crippen molar-refractivity contribution in [3.05, 3.63) is 47.1 Å². The molecule has 0 aromatic heterocycles.